The summed E-state index contributed by atoms with van der Waals surface area (Å²) in [6.45, 7) is 10.3. The highest BCUT2D eigenvalue weighted by molar-refractivity contribution is 5.94. The Kier molecular flexibility index (Phi) is 5.15. The molecule has 0 aliphatic heterocycles. The van der Waals surface area contributed by atoms with Gasteiger partial charge >= 0.3 is 8.73 Å². The number of amides is 2. The van der Waals surface area contributed by atoms with Gasteiger partial charge < -0.3 is 5.31 Å². The molecule has 0 fully saturated rings. The number of pyridine rings is 2. The molecule has 27 heavy (non-hydrogen) atoms. The molecule has 2 rings (SSSR count). The zero-order chi connectivity index (χ0) is 22.9. The van der Waals surface area contributed by atoms with Gasteiger partial charge in [0.1, 0.15) is 11.1 Å². The summed E-state index contributed by atoms with van der Waals surface area (Å²) in [6.07, 6.45) is 4.52. The fourth-order valence-corrected chi connectivity index (χ4v) is 2.60. The van der Waals surface area contributed by atoms with Crippen LogP contribution in [0.15, 0.2) is 30.7 Å². The van der Waals surface area contributed by atoms with Crippen molar-refractivity contribution in [3.8, 4) is 0 Å². The Balaban J connectivity index is -0.00000000764. The summed E-state index contributed by atoms with van der Waals surface area (Å²) >= 11 is 0. The van der Waals surface area contributed by atoms with Crippen molar-refractivity contribution in [2.45, 2.75) is 59.5 Å². The summed E-state index contributed by atoms with van der Waals surface area (Å²) in [5.74, 6) is -1.35. The number of hydrogen-bond donors (Lipinski definition) is 2. The molecule has 0 aliphatic carbocycles. The molecular formula is C21H103N4O2+. The number of nitrogens with one attached hydrogen (secondary N) is 1. The van der Waals surface area contributed by atoms with E-state index in [1.165, 1.54) is 18.6 Å². The van der Waals surface area contributed by atoms with Gasteiger partial charge in [-0.3, -0.25) is 20.1 Å². The molecule has 0 saturated carbocycles. The van der Waals surface area contributed by atoms with Crippen LogP contribution in [0.2, 0.25) is 4.24 Å². The zero-order valence-corrected chi connectivity index (χ0v) is 16.8. The van der Waals surface area contributed by atoms with Crippen LogP contribution in [0, 0.1) is 20.8 Å². The van der Waals surface area contributed by atoms with Gasteiger partial charge in [-0.1, -0.05) is 6.92 Å². The molecule has 0 saturated heterocycles. The van der Waals surface area contributed by atoms with E-state index >= 15 is 0 Å². The summed E-state index contributed by atoms with van der Waals surface area (Å²) in [6, 6.07) is 2.40. The number of aromatic nitrogens is 2. The topological polar surface area (TPSA) is 88.6 Å². The molecule has 2 unspecified atom stereocenters. The van der Waals surface area contributed by atoms with Gasteiger partial charge in [-0.05, 0) is 57.9 Å². The van der Waals surface area contributed by atoms with Crippen LogP contribution >= 0.6 is 0 Å². The molecule has 218 valence electrons. The first-order valence-electron chi connectivity index (χ1n) is 10.4. The molecule has 0 spiro atoms. The fraction of sp³-hybridized carbons (Fsp3) is 0.429. The predicted molar refractivity (Wildman–Crippen MR) is 183 cm³/mol. The van der Waals surface area contributed by atoms with Gasteiger partial charge in [0.2, 0.25) is 0 Å². The van der Waals surface area contributed by atoms with E-state index in [2.05, 4.69) is 9.97 Å². The van der Waals surface area contributed by atoms with Crippen LogP contribution in [-0.4, -0.2) is 33.4 Å². The minimum atomic E-state index is -1.51. The maximum atomic E-state index is 13.1. The van der Waals surface area contributed by atoms with Gasteiger partial charge in [0, 0.05) is 83.5 Å². The third-order valence-corrected chi connectivity index (χ3v) is 5.14. The van der Waals surface area contributed by atoms with Crippen molar-refractivity contribution in [3.05, 3.63) is 58.7 Å². The van der Waals surface area contributed by atoms with Gasteiger partial charge in [-0.2, -0.15) is 0 Å². The van der Waals surface area contributed by atoms with Gasteiger partial charge in [-0.15, -0.1) is 0 Å². The molecule has 2 aromatic rings. The van der Waals surface area contributed by atoms with E-state index in [9.17, 15) is 9.59 Å². The molecule has 0 aliphatic rings. The number of quaternary nitrogens is 1. The molecule has 3 N–H and O–H groups in total. The number of carbonyl (C=O) groups is 2. The van der Waals surface area contributed by atoms with Crippen LogP contribution in [0.3, 0.4) is 0 Å². The highest BCUT2D eigenvalue weighted by Gasteiger charge is 2.37. The number of aryl methyl sites for hydroxylation is 3. The van der Waals surface area contributed by atoms with Crippen molar-refractivity contribution in [2.75, 3.05) is 0 Å². The highest BCUT2D eigenvalue weighted by atomic mass is 16.2. The number of hydrogen-bond acceptors (Lipinski definition) is 4. The molecule has 6 heteroatoms. The summed E-state index contributed by atoms with van der Waals surface area (Å²) < 4.78 is 25.7. The number of primary amides is 1. The first kappa shape index (κ1) is 16.6. The maximum Gasteiger partial charge on any atom is 0.355 e. The Morgan fingerprint density at radius 1 is 1.37 bits per heavy atom. The molecule has 0 bridgehead atoms. The summed E-state index contributed by atoms with van der Waals surface area (Å²) in [7, 11) is 0. The lowest BCUT2D eigenvalue weighted by Crippen LogP contribution is -3.02. The maximum absolute atomic E-state index is 13.1. The monoisotopic (exact) mass is 447 g/mol. The van der Waals surface area contributed by atoms with Gasteiger partial charge in [0.15, 0.2) is 1.41 Å². The van der Waals surface area contributed by atoms with Crippen molar-refractivity contribution in [1.82, 2.24) is 15.3 Å². The predicted octanol–water partition coefficient (Wildman–Crippen LogP) is 11.2. The lowest BCUT2D eigenvalue weighted by atomic mass is 9.89. The van der Waals surface area contributed by atoms with E-state index in [4.69, 9.17) is 4.24 Å². The highest BCUT2D eigenvalue weighted by Crippen LogP contribution is 2.13. The molecule has 2 heterocycles. The smallest absolute Gasteiger partial charge is 0.343 e. The van der Waals surface area contributed by atoms with Crippen molar-refractivity contribution in [3.63, 3.8) is 0 Å². The average molecular weight is 447 g/mol. The van der Waals surface area contributed by atoms with Gasteiger partial charge in [0.25, 0.3) is 5.91 Å². The van der Waals surface area contributed by atoms with E-state index in [-0.39, 0.29) is 70.3 Å². The van der Waals surface area contributed by atoms with Crippen LogP contribution in [0.25, 0.3) is 0 Å². The lowest BCUT2D eigenvalue weighted by molar-refractivity contribution is -0.638. The third kappa shape index (κ3) is 4.77. The quantitative estimate of drug-likeness (QED) is 0.461. The standard InChI is InChI=1S/C21H28N4O2.37H2/c1-7-21(6,25-20(27)18-12-22-9-8-13(18)2)16(5)24-19(26)17-10-14(3)15(4)23-11-17;;;;;;;;;;;;;;;;;;;;;;;;;;;;;;;;;;;;;/h8-12,16H,7H2,1-6H3,(H,24,26)(H,25,27);37*1H/p+1/i/hD3. The summed E-state index contributed by atoms with van der Waals surface area (Å²) in [5, 5.41) is -0.764. The van der Waals surface area contributed by atoms with E-state index in [1.54, 1.807) is 39.8 Å². The van der Waals surface area contributed by atoms with Crippen LogP contribution in [0.4, 0.5) is 0 Å². The molecule has 2 atom stereocenters. The Bertz CT molecular complexity index is 1020. The lowest BCUT2D eigenvalue weighted by Gasteiger charge is -2.32. The Labute approximate surface area is 220 Å². The average Bonchev–Trinajstić information content (AvgIpc) is 2.73. The van der Waals surface area contributed by atoms with E-state index in [0.717, 1.165) is 16.6 Å². The Hall–Kier alpha value is -2.60. The molecule has 0 aromatic carbocycles. The number of carbonyl (C=O) groups excluding carboxylic acids is 2. The molecule has 2 aromatic heterocycles. The second-order valence-corrected chi connectivity index (χ2v) is 7.05. The van der Waals surface area contributed by atoms with Crippen molar-refractivity contribution in [1.29, 1.82) is 0 Å². The molecule has 0 radical (unpaired) electrons. The minimum absolute atomic E-state index is 0. The van der Waals surface area contributed by atoms with Gasteiger partial charge in [0.05, 0.1) is 11.6 Å². The third-order valence-electron chi connectivity index (χ3n) is 5.14. The molecule has 2 amide bonds. The van der Waals surface area contributed by atoms with Crippen LogP contribution < -0.4 is 10.6 Å². The number of nitrogens with two attached hydrogens (primary N) is 1. The first-order valence-corrected chi connectivity index (χ1v) is 9.04. The fourth-order valence-electron chi connectivity index (χ4n) is 2.60. The van der Waals surface area contributed by atoms with Crippen molar-refractivity contribution < 1.29 is 71.9 Å². The molecular weight excluding hydrogens is 340 g/mol. The largest absolute Gasteiger partial charge is 0.355 e. The molecule has 6 nitrogen and oxygen atoms in total. The second-order valence-electron chi connectivity index (χ2n) is 7.05. The van der Waals surface area contributed by atoms with Crippen molar-refractivity contribution >= 4 is 11.8 Å². The summed E-state index contributed by atoms with van der Waals surface area (Å²) in [4.78, 5) is 34.2. The number of nitrogens with zero attached hydrogens (tertiary/aromatic N) is 2. The first-order chi connectivity index (χ1) is 13.9. The van der Waals surface area contributed by atoms with E-state index in [0.29, 0.717) is 5.56 Å². The number of rotatable bonds is 6. The normalized spacial score (nSPS) is 16.4. The van der Waals surface area contributed by atoms with Crippen molar-refractivity contribution in [2.24, 2.45) is 0 Å². The van der Waals surface area contributed by atoms with E-state index in [1.807, 2.05) is 13.8 Å². The van der Waals surface area contributed by atoms with Crippen LogP contribution in [-0.2, 0) is 0 Å². The van der Waals surface area contributed by atoms with Gasteiger partial charge in [-0.25, -0.2) is 4.79 Å². The van der Waals surface area contributed by atoms with Crippen LogP contribution in [0.5, 0.6) is 0 Å². The minimum Gasteiger partial charge on any atom is -0.343 e. The zero-order valence-electron chi connectivity index (χ0n) is 19.8. The summed E-state index contributed by atoms with van der Waals surface area (Å²) in [5.41, 5.74) is 1.29. The van der Waals surface area contributed by atoms with Crippen LogP contribution in [0.1, 0.15) is 118 Å². The van der Waals surface area contributed by atoms with E-state index < -0.39 is 28.7 Å². The Morgan fingerprint density at radius 2 is 2.07 bits per heavy atom. The Morgan fingerprint density at radius 3 is 2.67 bits per heavy atom. The SMILES string of the molecule is [2H]N(C(=O)c1cnc(C)c(C)c1)C(C)C(C)(CC)[N+]([2H])([2H])C(=O)c1cnccc1C.[HH].[HH].[HH].[HH].[HH].[HH].[HH].[HH].[HH].[HH].[HH].[HH].[HH].[HH].[HH].[HH].[HH].[HH].[HH].[HH].[HH].[HH].[HH].[HH].[HH].[HH].[HH].[HH].[HH].[HH].[HH].[HH].[HH].[HH].[HH].[HH].[HH]. The second kappa shape index (κ2) is 8.39.